The summed E-state index contributed by atoms with van der Waals surface area (Å²) in [4.78, 5) is 27.9. The number of hydrogen-bond acceptors (Lipinski definition) is 5. The summed E-state index contributed by atoms with van der Waals surface area (Å²) >= 11 is 0. The zero-order valence-electron chi connectivity index (χ0n) is 15.8. The minimum atomic E-state index is -0.180. The molecule has 9 heteroatoms. The third kappa shape index (κ3) is 2.58. The highest BCUT2D eigenvalue weighted by Crippen LogP contribution is 2.40. The molecule has 2 bridgehead atoms. The maximum absolute atomic E-state index is 13.1. The molecule has 28 heavy (non-hydrogen) atoms. The fraction of sp³-hybridized carbons (Fsp3) is 0.316. The summed E-state index contributed by atoms with van der Waals surface area (Å²) in [5.74, 6) is 0.691. The lowest BCUT2D eigenvalue weighted by Gasteiger charge is -2.35. The van der Waals surface area contributed by atoms with Crippen molar-refractivity contribution in [1.29, 1.82) is 0 Å². The molecule has 2 amide bonds. The third-order valence-electron chi connectivity index (χ3n) is 5.48. The van der Waals surface area contributed by atoms with Gasteiger partial charge in [-0.3, -0.25) is 9.88 Å². The molecule has 0 aliphatic carbocycles. The summed E-state index contributed by atoms with van der Waals surface area (Å²) in [5, 5.41) is 7.24. The number of hydrogen-bond donors (Lipinski definition) is 1. The van der Waals surface area contributed by atoms with Gasteiger partial charge in [-0.1, -0.05) is 0 Å². The Hall–Kier alpha value is -3.49. The Labute approximate surface area is 162 Å². The van der Waals surface area contributed by atoms with Crippen LogP contribution in [0.5, 0.6) is 0 Å². The van der Waals surface area contributed by atoms with Gasteiger partial charge in [0, 0.05) is 24.4 Å². The standard InChI is InChI=1S/C19H20N8O/c1-24-17(11-21-25(24)2)15-5-6-16-18(23-15)27(14-7-9-26(16)12-14)19(28)22-13-4-3-8-20-10-13/h3-6,8,10-11,14H,7,9,12H2,1-2H3/p+1/t14-/m0/s1. The van der Waals surface area contributed by atoms with E-state index in [4.69, 9.17) is 4.98 Å². The van der Waals surface area contributed by atoms with Crippen molar-refractivity contribution in [2.45, 2.75) is 12.5 Å². The molecule has 1 saturated heterocycles. The quantitative estimate of drug-likeness (QED) is 0.682. The van der Waals surface area contributed by atoms with Gasteiger partial charge < -0.3 is 10.2 Å². The second-order valence-corrected chi connectivity index (χ2v) is 7.11. The molecule has 0 spiro atoms. The van der Waals surface area contributed by atoms with Crippen molar-refractivity contribution >= 4 is 23.2 Å². The predicted octanol–water partition coefficient (Wildman–Crippen LogP) is 1.33. The van der Waals surface area contributed by atoms with Gasteiger partial charge in [-0.15, -0.1) is 0 Å². The topological polar surface area (TPSA) is 83.1 Å². The van der Waals surface area contributed by atoms with Gasteiger partial charge in [-0.25, -0.2) is 9.78 Å². The van der Waals surface area contributed by atoms with Crippen LogP contribution in [-0.4, -0.2) is 45.0 Å². The Morgan fingerprint density at radius 2 is 2.18 bits per heavy atom. The van der Waals surface area contributed by atoms with E-state index in [2.05, 4.69) is 26.4 Å². The summed E-state index contributed by atoms with van der Waals surface area (Å²) in [5.41, 5.74) is 3.34. The first kappa shape index (κ1) is 16.7. The Balaban J connectivity index is 1.55. The second-order valence-electron chi connectivity index (χ2n) is 7.11. The molecule has 5 heterocycles. The van der Waals surface area contributed by atoms with Crippen molar-refractivity contribution < 1.29 is 9.48 Å². The van der Waals surface area contributed by atoms with E-state index < -0.39 is 0 Å². The molecule has 1 atom stereocenters. The molecule has 9 nitrogen and oxygen atoms in total. The van der Waals surface area contributed by atoms with Gasteiger partial charge in [0.05, 0.1) is 30.7 Å². The maximum atomic E-state index is 13.1. The number of nitrogens with one attached hydrogen (secondary N) is 1. The van der Waals surface area contributed by atoms with E-state index in [1.807, 2.05) is 30.9 Å². The van der Waals surface area contributed by atoms with Crippen molar-refractivity contribution in [3.05, 3.63) is 42.9 Å². The number of aryl methyl sites for hydroxylation is 1. The minimum Gasteiger partial charge on any atom is -0.366 e. The molecule has 3 aromatic heterocycles. The smallest absolute Gasteiger partial charge is 0.327 e. The minimum absolute atomic E-state index is 0.106. The lowest BCUT2D eigenvalue weighted by atomic mass is 10.1. The molecule has 3 aromatic rings. The first-order valence-corrected chi connectivity index (χ1v) is 9.27. The molecule has 0 aromatic carbocycles. The van der Waals surface area contributed by atoms with E-state index in [0.717, 1.165) is 36.6 Å². The average molecular weight is 377 g/mol. The molecule has 142 valence electrons. The molecule has 1 N–H and O–H groups in total. The molecule has 0 radical (unpaired) electrons. The van der Waals surface area contributed by atoms with Crippen LogP contribution in [0.3, 0.4) is 0 Å². The van der Waals surface area contributed by atoms with Gasteiger partial charge in [0.15, 0.2) is 5.82 Å². The maximum Gasteiger partial charge on any atom is 0.327 e. The van der Waals surface area contributed by atoms with Crippen LogP contribution < -0.4 is 19.8 Å². The summed E-state index contributed by atoms with van der Waals surface area (Å²) < 4.78 is 1.92. The molecular weight excluding hydrogens is 356 g/mol. The van der Waals surface area contributed by atoms with E-state index in [0.29, 0.717) is 11.5 Å². The van der Waals surface area contributed by atoms with Crippen LogP contribution in [0.4, 0.5) is 22.0 Å². The molecule has 1 fully saturated rings. The highest BCUT2D eigenvalue weighted by Gasteiger charge is 2.40. The predicted molar refractivity (Wildman–Crippen MR) is 104 cm³/mol. The van der Waals surface area contributed by atoms with Crippen molar-refractivity contribution in [2.24, 2.45) is 14.1 Å². The summed E-state index contributed by atoms with van der Waals surface area (Å²) in [6.45, 7) is 1.76. The SMILES string of the molecule is Cn1ncc(-c2ccc3c(n2)N(C(=O)Nc2cccnc2)[C@H]2CCN3C2)[n+]1C. The monoisotopic (exact) mass is 377 g/mol. The number of carbonyl (C=O) groups is 1. The number of pyridine rings is 2. The number of fused-ring (bicyclic) bond motifs is 4. The fourth-order valence-electron chi connectivity index (χ4n) is 3.92. The normalized spacial score (nSPS) is 17.6. The number of amides is 2. The number of rotatable bonds is 2. The zero-order chi connectivity index (χ0) is 19.3. The van der Waals surface area contributed by atoms with E-state index in [1.165, 1.54) is 0 Å². The Bertz CT molecular complexity index is 1050. The van der Waals surface area contributed by atoms with Crippen LogP contribution in [0.15, 0.2) is 42.9 Å². The molecule has 0 saturated carbocycles. The van der Waals surface area contributed by atoms with Crippen LogP contribution in [-0.2, 0) is 14.1 Å². The fourth-order valence-corrected chi connectivity index (χ4v) is 3.92. The second kappa shape index (κ2) is 6.29. The van der Waals surface area contributed by atoms with Crippen molar-refractivity contribution in [2.75, 3.05) is 28.2 Å². The van der Waals surface area contributed by atoms with Crippen LogP contribution in [0.1, 0.15) is 6.42 Å². The molecule has 2 aliphatic heterocycles. The molecule has 5 rings (SSSR count). The highest BCUT2D eigenvalue weighted by atomic mass is 16.2. The molecule has 0 unspecified atom stereocenters. The van der Waals surface area contributed by atoms with Crippen molar-refractivity contribution in [3.8, 4) is 11.4 Å². The number of carbonyl (C=O) groups excluding carboxylic acids is 1. The zero-order valence-corrected chi connectivity index (χ0v) is 15.8. The summed E-state index contributed by atoms with van der Waals surface area (Å²) in [6.07, 6.45) is 6.03. The van der Waals surface area contributed by atoms with Gasteiger partial charge in [0.2, 0.25) is 11.9 Å². The summed E-state index contributed by atoms with van der Waals surface area (Å²) in [6, 6.07) is 7.60. The third-order valence-corrected chi connectivity index (χ3v) is 5.48. The van der Waals surface area contributed by atoms with Crippen molar-refractivity contribution in [3.63, 3.8) is 0 Å². The van der Waals surface area contributed by atoms with E-state index in [9.17, 15) is 4.79 Å². The molecule has 2 aliphatic rings. The Morgan fingerprint density at radius 1 is 1.29 bits per heavy atom. The number of urea groups is 1. The number of anilines is 3. The van der Waals surface area contributed by atoms with Crippen LogP contribution >= 0.6 is 0 Å². The van der Waals surface area contributed by atoms with Crippen molar-refractivity contribution in [1.82, 2.24) is 19.9 Å². The lowest BCUT2D eigenvalue weighted by Crippen LogP contribution is -2.48. The lowest BCUT2D eigenvalue weighted by molar-refractivity contribution is -0.746. The summed E-state index contributed by atoms with van der Waals surface area (Å²) in [7, 11) is 3.81. The highest BCUT2D eigenvalue weighted by molar-refractivity contribution is 6.04. The van der Waals surface area contributed by atoms with Gasteiger partial charge >= 0.3 is 6.03 Å². The number of aromatic nitrogens is 5. The average Bonchev–Trinajstić information content (AvgIpc) is 3.27. The van der Waals surface area contributed by atoms with Gasteiger partial charge in [0.25, 0.3) is 0 Å². The van der Waals surface area contributed by atoms with Gasteiger partial charge in [-0.05, 0) is 35.5 Å². The van der Waals surface area contributed by atoms with Crippen LogP contribution in [0.2, 0.25) is 0 Å². The Morgan fingerprint density at radius 3 is 2.93 bits per heavy atom. The van der Waals surface area contributed by atoms with Gasteiger partial charge in [0.1, 0.15) is 12.7 Å². The first-order chi connectivity index (χ1) is 13.6. The largest absolute Gasteiger partial charge is 0.366 e. The van der Waals surface area contributed by atoms with E-state index in [-0.39, 0.29) is 12.1 Å². The first-order valence-electron chi connectivity index (χ1n) is 9.27. The number of nitrogens with zero attached hydrogens (tertiary/aromatic N) is 7. The van der Waals surface area contributed by atoms with Gasteiger partial charge in [-0.2, -0.15) is 4.68 Å². The van der Waals surface area contributed by atoms with Crippen LogP contribution in [0, 0.1) is 0 Å². The van der Waals surface area contributed by atoms with Crippen LogP contribution in [0.25, 0.3) is 11.4 Å². The van der Waals surface area contributed by atoms with E-state index in [1.54, 1.807) is 34.4 Å². The molecular formula is C19H21N8O+. The Kier molecular flexibility index (Phi) is 3.75. The van der Waals surface area contributed by atoms with E-state index >= 15 is 0 Å².